The standard InChI is InChI=1S/C14H11BrFNO3S/c1-6-7(2)21-13(11(6)14(19)20)17-12(18)9-5-8(16)3-4-10(9)15/h3-5H,1-2H3,(H,17,18)(H,19,20). The van der Waals surface area contributed by atoms with Crippen LogP contribution < -0.4 is 5.32 Å². The zero-order valence-electron chi connectivity index (χ0n) is 11.2. The third-order valence-corrected chi connectivity index (χ3v) is 4.81. The van der Waals surface area contributed by atoms with Crippen LogP contribution in [0.2, 0.25) is 0 Å². The van der Waals surface area contributed by atoms with Crippen molar-refractivity contribution >= 4 is 44.1 Å². The molecule has 2 rings (SSSR count). The molecule has 0 saturated heterocycles. The Balaban J connectivity index is 2.38. The second-order valence-electron chi connectivity index (χ2n) is 4.37. The lowest BCUT2D eigenvalue weighted by Crippen LogP contribution is -2.14. The van der Waals surface area contributed by atoms with Gasteiger partial charge in [-0.15, -0.1) is 11.3 Å². The maximum absolute atomic E-state index is 13.2. The third-order valence-electron chi connectivity index (χ3n) is 3.00. The van der Waals surface area contributed by atoms with Gasteiger partial charge in [-0.05, 0) is 53.5 Å². The normalized spacial score (nSPS) is 10.5. The van der Waals surface area contributed by atoms with Gasteiger partial charge in [0.05, 0.1) is 11.1 Å². The van der Waals surface area contributed by atoms with Gasteiger partial charge < -0.3 is 10.4 Å². The number of hydrogen-bond acceptors (Lipinski definition) is 3. The molecule has 2 N–H and O–H groups in total. The van der Waals surface area contributed by atoms with Gasteiger partial charge in [0.1, 0.15) is 10.8 Å². The monoisotopic (exact) mass is 371 g/mol. The van der Waals surface area contributed by atoms with E-state index in [1.54, 1.807) is 13.8 Å². The van der Waals surface area contributed by atoms with Gasteiger partial charge in [0.25, 0.3) is 5.91 Å². The van der Waals surface area contributed by atoms with Crippen LogP contribution in [0.15, 0.2) is 22.7 Å². The first-order chi connectivity index (χ1) is 9.81. The van der Waals surface area contributed by atoms with Gasteiger partial charge in [0.15, 0.2) is 0 Å². The molecule has 0 radical (unpaired) electrons. The van der Waals surface area contributed by atoms with Crippen LogP contribution in [-0.4, -0.2) is 17.0 Å². The average molecular weight is 372 g/mol. The van der Waals surface area contributed by atoms with Crippen molar-refractivity contribution < 1.29 is 19.1 Å². The van der Waals surface area contributed by atoms with Crippen molar-refractivity contribution in [3.63, 3.8) is 0 Å². The van der Waals surface area contributed by atoms with Crippen molar-refractivity contribution in [3.8, 4) is 0 Å². The molecule has 0 bridgehead atoms. The number of anilines is 1. The number of benzene rings is 1. The Morgan fingerprint density at radius 1 is 1.33 bits per heavy atom. The van der Waals surface area contributed by atoms with Crippen LogP contribution in [0, 0.1) is 19.7 Å². The summed E-state index contributed by atoms with van der Waals surface area (Å²) >= 11 is 4.35. The minimum atomic E-state index is -1.11. The molecule has 0 aliphatic carbocycles. The molecule has 110 valence electrons. The molecule has 1 heterocycles. The molecule has 1 aromatic heterocycles. The predicted octanol–water partition coefficient (Wildman–Crippen LogP) is 4.22. The molecular weight excluding hydrogens is 361 g/mol. The fraction of sp³-hybridized carbons (Fsp3) is 0.143. The van der Waals surface area contributed by atoms with Gasteiger partial charge >= 0.3 is 5.97 Å². The minimum absolute atomic E-state index is 0.0679. The van der Waals surface area contributed by atoms with Crippen LogP contribution in [0.4, 0.5) is 9.39 Å². The summed E-state index contributed by atoms with van der Waals surface area (Å²) in [6.07, 6.45) is 0. The summed E-state index contributed by atoms with van der Waals surface area (Å²) < 4.78 is 13.7. The fourth-order valence-corrected chi connectivity index (χ4v) is 3.29. The van der Waals surface area contributed by atoms with Gasteiger partial charge in [0, 0.05) is 9.35 Å². The van der Waals surface area contributed by atoms with Crippen LogP contribution in [-0.2, 0) is 0 Å². The number of carboxylic acid groups (broad SMARTS) is 1. The van der Waals surface area contributed by atoms with Crippen molar-refractivity contribution in [2.45, 2.75) is 13.8 Å². The molecule has 1 aromatic carbocycles. The number of hydrogen-bond donors (Lipinski definition) is 2. The Kier molecular flexibility index (Phi) is 4.43. The first kappa shape index (κ1) is 15.7. The first-order valence-electron chi connectivity index (χ1n) is 5.91. The first-order valence-corrected chi connectivity index (χ1v) is 7.52. The largest absolute Gasteiger partial charge is 0.478 e. The highest BCUT2D eigenvalue weighted by Gasteiger charge is 2.21. The Hall–Kier alpha value is -1.73. The van der Waals surface area contributed by atoms with Crippen molar-refractivity contribution in [3.05, 3.63) is 50.1 Å². The molecular formula is C14H11BrFNO3S. The molecule has 4 nitrogen and oxygen atoms in total. The maximum Gasteiger partial charge on any atom is 0.338 e. The summed E-state index contributed by atoms with van der Waals surface area (Å²) in [4.78, 5) is 24.3. The van der Waals surface area contributed by atoms with Gasteiger partial charge in [-0.3, -0.25) is 4.79 Å². The van der Waals surface area contributed by atoms with Gasteiger partial charge in [-0.1, -0.05) is 0 Å². The highest BCUT2D eigenvalue weighted by atomic mass is 79.9. The number of thiophene rings is 1. The summed E-state index contributed by atoms with van der Waals surface area (Å²) in [6, 6.07) is 3.74. The van der Waals surface area contributed by atoms with E-state index in [1.807, 2.05) is 0 Å². The van der Waals surface area contributed by atoms with Crippen molar-refractivity contribution in [2.24, 2.45) is 0 Å². The lowest BCUT2D eigenvalue weighted by molar-refractivity contribution is 0.0697. The zero-order chi connectivity index (χ0) is 15.7. The summed E-state index contributed by atoms with van der Waals surface area (Å²) in [5.74, 6) is -2.21. The number of carboxylic acids is 1. The Morgan fingerprint density at radius 2 is 2.00 bits per heavy atom. The third kappa shape index (κ3) is 3.14. The second kappa shape index (κ2) is 5.95. The van der Waals surface area contributed by atoms with Crippen LogP contribution in [0.25, 0.3) is 0 Å². The maximum atomic E-state index is 13.2. The molecule has 0 unspecified atom stereocenters. The van der Waals surface area contributed by atoms with Crippen LogP contribution in [0.3, 0.4) is 0 Å². The highest BCUT2D eigenvalue weighted by molar-refractivity contribution is 9.10. The van der Waals surface area contributed by atoms with E-state index in [2.05, 4.69) is 21.2 Å². The summed E-state index contributed by atoms with van der Waals surface area (Å²) in [7, 11) is 0. The minimum Gasteiger partial charge on any atom is -0.478 e. The summed E-state index contributed by atoms with van der Waals surface area (Å²) in [5.41, 5.74) is 0.787. The van der Waals surface area contributed by atoms with E-state index in [4.69, 9.17) is 0 Å². The molecule has 0 atom stereocenters. The van der Waals surface area contributed by atoms with Crippen molar-refractivity contribution in [1.82, 2.24) is 0 Å². The molecule has 1 amide bonds. The lowest BCUT2D eigenvalue weighted by atomic mass is 10.1. The highest BCUT2D eigenvalue weighted by Crippen LogP contribution is 2.33. The number of carbonyl (C=O) groups is 2. The molecule has 0 aliphatic heterocycles. The van der Waals surface area contributed by atoms with E-state index >= 15 is 0 Å². The van der Waals surface area contributed by atoms with E-state index in [1.165, 1.54) is 23.5 Å². The SMILES string of the molecule is Cc1sc(NC(=O)c2cc(F)ccc2Br)c(C(=O)O)c1C. The quantitative estimate of drug-likeness (QED) is 0.848. The molecule has 7 heteroatoms. The Labute approximate surface area is 132 Å². The van der Waals surface area contributed by atoms with Gasteiger partial charge in [-0.2, -0.15) is 0 Å². The zero-order valence-corrected chi connectivity index (χ0v) is 13.6. The summed E-state index contributed by atoms with van der Waals surface area (Å²) in [5, 5.41) is 12.0. The fourth-order valence-electron chi connectivity index (χ4n) is 1.81. The average Bonchev–Trinajstić information content (AvgIpc) is 2.67. The van der Waals surface area contributed by atoms with E-state index in [0.717, 1.165) is 10.9 Å². The molecule has 0 aliphatic rings. The van der Waals surface area contributed by atoms with Crippen molar-refractivity contribution in [1.29, 1.82) is 0 Å². The molecule has 0 spiro atoms. The second-order valence-corrected chi connectivity index (χ2v) is 6.45. The molecule has 2 aromatic rings. The number of nitrogens with one attached hydrogen (secondary N) is 1. The van der Waals surface area contributed by atoms with E-state index in [-0.39, 0.29) is 16.1 Å². The Bertz CT molecular complexity index is 742. The summed E-state index contributed by atoms with van der Waals surface area (Å²) in [6.45, 7) is 3.46. The number of aryl methyl sites for hydroxylation is 1. The van der Waals surface area contributed by atoms with Gasteiger partial charge in [-0.25, -0.2) is 9.18 Å². The number of amides is 1. The lowest BCUT2D eigenvalue weighted by Gasteiger charge is -2.06. The van der Waals surface area contributed by atoms with E-state index < -0.39 is 17.7 Å². The molecule has 0 fully saturated rings. The number of halogens is 2. The van der Waals surface area contributed by atoms with E-state index in [9.17, 15) is 19.1 Å². The van der Waals surface area contributed by atoms with Crippen molar-refractivity contribution in [2.75, 3.05) is 5.32 Å². The topological polar surface area (TPSA) is 66.4 Å². The van der Waals surface area contributed by atoms with Crippen LogP contribution in [0.1, 0.15) is 31.2 Å². The van der Waals surface area contributed by atoms with Gasteiger partial charge in [0.2, 0.25) is 0 Å². The number of aromatic carboxylic acids is 1. The molecule has 0 saturated carbocycles. The Morgan fingerprint density at radius 3 is 2.62 bits per heavy atom. The molecule has 21 heavy (non-hydrogen) atoms. The number of rotatable bonds is 3. The predicted molar refractivity (Wildman–Crippen MR) is 82.8 cm³/mol. The number of carbonyl (C=O) groups excluding carboxylic acids is 1. The van der Waals surface area contributed by atoms with E-state index in [0.29, 0.717) is 10.0 Å². The van der Waals surface area contributed by atoms with Crippen LogP contribution in [0.5, 0.6) is 0 Å². The van der Waals surface area contributed by atoms with Crippen LogP contribution >= 0.6 is 27.3 Å². The smallest absolute Gasteiger partial charge is 0.338 e.